The number of ether oxygens (including phenoxy) is 1. The van der Waals surface area contributed by atoms with Crippen molar-refractivity contribution in [2.75, 3.05) is 5.73 Å². The van der Waals surface area contributed by atoms with Gasteiger partial charge in [0.25, 0.3) is 0 Å². The molecule has 0 aliphatic heterocycles. The smallest absolute Gasteiger partial charge is 0.220 e. The topological polar surface area (TPSA) is 81.3 Å². The number of hydrogen-bond acceptors (Lipinski definition) is 5. The van der Waals surface area contributed by atoms with Crippen molar-refractivity contribution < 1.29 is 9.84 Å². The SMILES string of the molecule is Cc1nc(N)nc(-c2ccc(OCc3ccc(Cl)cc3)cc2O)c1-c1ccccc1. The lowest BCUT2D eigenvalue weighted by molar-refractivity contribution is 0.304. The van der Waals surface area contributed by atoms with Gasteiger partial charge in [-0.1, -0.05) is 54.1 Å². The van der Waals surface area contributed by atoms with E-state index in [2.05, 4.69) is 9.97 Å². The summed E-state index contributed by atoms with van der Waals surface area (Å²) in [6, 6.07) is 22.4. The zero-order valence-electron chi connectivity index (χ0n) is 16.3. The van der Waals surface area contributed by atoms with Crippen LogP contribution in [0.2, 0.25) is 5.02 Å². The molecule has 0 aliphatic rings. The summed E-state index contributed by atoms with van der Waals surface area (Å²) in [6.07, 6.45) is 0. The van der Waals surface area contributed by atoms with Gasteiger partial charge in [0, 0.05) is 22.2 Å². The molecule has 3 aromatic carbocycles. The minimum absolute atomic E-state index is 0.0540. The lowest BCUT2D eigenvalue weighted by Crippen LogP contribution is -2.02. The summed E-state index contributed by atoms with van der Waals surface area (Å²) >= 11 is 5.91. The Morgan fingerprint density at radius 1 is 0.967 bits per heavy atom. The summed E-state index contributed by atoms with van der Waals surface area (Å²) in [5, 5.41) is 11.4. The van der Waals surface area contributed by atoms with Crippen LogP contribution in [0.5, 0.6) is 11.5 Å². The summed E-state index contributed by atoms with van der Waals surface area (Å²) < 4.78 is 5.81. The highest BCUT2D eigenvalue weighted by Crippen LogP contribution is 2.38. The Labute approximate surface area is 179 Å². The highest BCUT2D eigenvalue weighted by Gasteiger charge is 2.17. The molecule has 0 fully saturated rings. The van der Waals surface area contributed by atoms with Crippen molar-refractivity contribution in [3.8, 4) is 33.9 Å². The first-order chi connectivity index (χ1) is 14.5. The Morgan fingerprint density at radius 2 is 1.70 bits per heavy atom. The van der Waals surface area contributed by atoms with E-state index >= 15 is 0 Å². The minimum Gasteiger partial charge on any atom is -0.507 e. The van der Waals surface area contributed by atoms with Gasteiger partial charge in [0.1, 0.15) is 18.1 Å². The zero-order valence-corrected chi connectivity index (χ0v) is 17.1. The first-order valence-electron chi connectivity index (χ1n) is 9.41. The van der Waals surface area contributed by atoms with Gasteiger partial charge >= 0.3 is 0 Å². The van der Waals surface area contributed by atoms with Crippen LogP contribution in [-0.2, 0) is 6.61 Å². The van der Waals surface area contributed by atoms with Crippen LogP contribution in [-0.4, -0.2) is 15.1 Å². The second kappa shape index (κ2) is 8.43. The average Bonchev–Trinajstić information content (AvgIpc) is 2.73. The fourth-order valence-corrected chi connectivity index (χ4v) is 3.41. The Bertz CT molecular complexity index is 1180. The zero-order chi connectivity index (χ0) is 21.1. The Balaban J connectivity index is 1.67. The molecule has 6 heteroatoms. The normalized spacial score (nSPS) is 10.7. The van der Waals surface area contributed by atoms with Gasteiger partial charge in [0.05, 0.1) is 11.4 Å². The van der Waals surface area contributed by atoms with Crippen LogP contribution < -0.4 is 10.5 Å². The van der Waals surface area contributed by atoms with Crippen molar-refractivity contribution in [1.29, 1.82) is 0 Å². The molecule has 5 nitrogen and oxygen atoms in total. The van der Waals surface area contributed by atoms with Crippen LogP contribution in [0, 0.1) is 6.92 Å². The van der Waals surface area contributed by atoms with Crippen molar-refractivity contribution in [3.63, 3.8) is 0 Å². The van der Waals surface area contributed by atoms with E-state index in [1.807, 2.05) is 61.5 Å². The predicted octanol–water partition coefficient (Wildman–Crippen LogP) is 5.64. The standard InChI is InChI=1S/C24H20ClN3O2/c1-15-22(17-5-3-2-4-6-17)23(28-24(26)27-15)20-12-11-19(13-21(20)29)30-14-16-7-9-18(25)10-8-16/h2-13,29H,14H2,1H3,(H2,26,27,28). The maximum Gasteiger partial charge on any atom is 0.220 e. The molecule has 0 radical (unpaired) electrons. The molecule has 0 aliphatic carbocycles. The molecule has 3 N–H and O–H groups in total. The third-order valence-electron chi connectivity index (χ3n) is 4.71. The van der Waals surface area contributed by atoms with Crippen molar-refractivity contribution in [2.45, 2.75) is 13.5 Å². The lowest BCUT2D eigenvalue weighted by Gasteiger charge is -2.15. The number of nitrogens with two attached hydrogens (primary N) is 1. The molecule has 0 spiro atoms. The molecule has 1 aromatic heterocycles. The van der Waals surface area contributed by atoms with Gasteiger partial charge in [-0.15, -0.1) is 0 Å². The van der Waals surface area contributed by atoms with Crippen LogP contribution >= 0.6 is 11.6 Å². The fraction of sp³-hybridized carbons (Fsp3) is 0.0833. The third-order valence-corrected chi connectivity index (χ3v) is 4.96. The lowest BCUT2D eigenvalue weighted by atomic mass is 9.97. The second-order valence-electron chi connectivity index (χ2n) is 6.85. The second-order valence-corrected chi connectivity index (χ2v) is 7.29. The summed E-state index contributed by atoms with van der Waals surface area (Å²) in [4.78, 5) is 8.73. The van der Waals surface area contributed by atoms with Crippen molar-refractivity contribution in [2.24, 2.45) is 0 Å². The van der Waals surface area contributed by atoms with E-state index in [4.69, 9.17) is 22.1 Å². The minimum atomic E-state index is 0.0540. The molecular formula is C24H20ClN3O2. The Hall–Kier alpha value is -3.57. The number of aryl methyl sites for hydroxylation is 1. The number of anilines is 1. The van der Waals surface area contributed by atoms with E-state index in [0.29, 0.717) is 28.6 Å². The first kappa shape index (κ1) is 19.7. The van der Waals surface area contributed by atoms with Gasteiger partial charge < -0.3 is 15.6 Å². The average molecular weight is 418 g/mol. The summed E-state index contributed by atoms with van der Waals surface area (Å²) in [7, 11) is 0. The van der Waals surface area contributed by atoms with Crippen molar-refractivity contribution in [3.05, 3.63) is 89.1 Å². The summed E-state index contributed by atoms with van der Waals surface area (Å²) in [5.41, 5.74) is 10.5. The molecule has 150 valence electrons. The van der Waals surface area contributed by atoms with Crippen molar-refractivity contribution in [1.82, 2.24) is 9.97 Å². The number of rotatable bonds is 5. The largest absolute Gasteiger partial charge is 0.507 e. The number of nitrogens with zero attached hydrogens (tertiary/aromatic N) is 2. The maximum absolute atomic E-state index is 10.7. The van der Waals surface area contributed by atoms with E-state index in [-0.39, 0.29) is 11.7 Å². The van der Waals surface area contributed by atoms with E-state index in [1.165, 1.54) is 0 Å². The van der Waals surface area contributed by atoms with Gasteiger partial charge in [-0.05, 0) is 42.3 Å². The highest BCUT2D eigenvalue weighted by molar-refractivity contribution is 6.30. The van der Waals surface area contributed by atoms with Crippen LogP contribution in [0.25, 0.3) is 22.4 Å². The van der Waals surface area contributed by atoms with E-state index in [1.54, 1.807) is 18.2 Å². The molecule has 30 heavy (non-hydrogen) atoms. The number of nitrogen functional groups attached to an aromatic ring is 1. The molecular weight excluding hydrogens is 398 g/mol. The van der Waals surface area contributed by atoms with E-state index in [9.17, 15) is 5.11 Å². The molecule has 1 heterocycles. The summed E-state index contributed by atoms with van der Waals surface area (Å²) in [5.74, 6) is 0.758. The fourth-order valence-electron chi connectivity index (χ4n) is 3.29. The quantitative estimate of drug-likeness (QED) is 0.439. The maximum atomic E-state index is 10.7. The third kappa shape index (κ3) is 4.21. The molecule has 4 rings (SSSR count). The Kier molecular flexibility index (Phi) is 5.55. The molecule has 0 atom stereocenters. The van der Waals surface area contributed by atoms with Gasteiger partial charge in [-0.25, -0.2) is 9.97 Å². The van der Waals surface area contributed by atoms with E-state index < -0.39 is 0 Å². The molecule has 0 saturated carbocycles. The highest BCUT2D eigenvalue weighted by atomic mass is 35.5. The van der Waals surface area contributed by atoms with Gasteiger partial charge in [-0.2, -0.15) is 0 Å². The molecule has 0 saturated heterocycles. The number of halogens is 1. The van der Waals surface area contributed by atoms with Crippen molar-refractivity contribution >= 4 is 17.5 Å². The number of phenols is 1. The number of aromatic nitrogens is 2. The number of phenolic OH excluding ortho intramolecular Hbond substituents is 1. The number of aromatic hydroxyl groups is 1. The molecule has 0 unspecified atom stereocenters. The van der Waals surface area contributed by atoms with Crippen LogP contribution in [0.15, 0.2) is 72.8 Å². The molecule has 4 aromatic rings. The van der Waals surface area contributed by atoms with Gasteiger partial charge in [0.15, 0.2) is 0 Å². The molecule has 0 amide bonds. The Morgan fingerprint density at radius 3 is 2.40 bits per heavy atom. The van der Waals surface area contributed by atoms with Gasteiger partial charge in [-0.3, -0.25) is 0 Å². The first-order valence-corrected chi connectivity index (χ1v) is 9.79. The predicted molar refractivity (Wildman–Crippen MR) is 120 cm³/mol. The van der Waals surface area contributed by atoms with E-state index in [0.717, 1.165) is 22.4 Å². The van der Waals surface area contributed by atoms with Crippen LogP contribution in [0.4, 0.5) is 5.95 Å². The number of hydrogen-bond donors (Lipinski definition) is 2. The van der Waals surface area contributed by atoms with Gasteiger partial charge in [0.2, 0.25) is 5.95 Å². The van der Waals surface area contributed by atoms with Crippen LogP contribution in [0.3, 0.4) is 0 Å². The monoisotopic (exact) mass is 417 g/mol. The molecule has 0 bridgehead atoms. The summed E-state index contributed by atoms with van der Waals surface area (Å²) in [6.45, 7) is 2.25. The number of benzene rings is 3. The van der Waals surface area contributed by atoms with Crippen LogP contribution in [0.1, 0.15) is 11.3 Å².